The normalized spacial score (nSPS) is 12.5. The highest BCUT2D eigenvalue weighted by Crippen LogP contribution is 2.29. The van der Waals surface area contributed by atoms with Crippen molar-refractivity contribution in [2.45, 2.75) is 58.9 Å². The Labute approximate surface area is 253 Å². The van der Waals surface area contributed by atoms with E-state index in [-0.39, 0.29) is 10.8 Å². The van der Waals surface area contributed by atoms with Gasteiger partial charge in [0, 0.05) is 23.2 Å². The number of aromatic nitrogens is 2. The second-order valence-electron chi connectivity index (χ2n) is 12.7. The molecule has 1 heterocycles. The summed E-state index contributed by atoms with van der Waals surface area (Å²) in [5, 5.41) is 0.692. The maximum absolute atomic E-state index is 13.5. The van der Waals surface area contributed by atoms with Gasteiger partial charge in [-0.25, -0.2) is 9.78 Å². The number of hydrogen-bond acceptors (Lipinski definition) is 3. The van der Waals surface area contributed by atoms with Gasteiger partial charge in [-0.2, -0.15) is 0 Å². The molecular formula is C37H37ClN2O2. The zero-order valence-electron chi connectivity index (χ0n) is 25.1. The van der Waals surface area contributed by atoms with Gasteiger partial charge in [0.15, 0.2) is 0 Å². The molecule has 0 fully saturated rings. The van der Waals surface area contributed by atoms with E-state index in [4.69, 9.17) is 21.3 Å². The molecule has 0 aliphatic rings. The van der Waals surface area contributed by atoms with Crippen molar-refractivity contribution in [3.05, 3.63) is 136 Å². The van der Waals surface area contributed by atoms with E-state index in [2.05, 4.69) is 64.3 Å². The standard InChI is InChI=1S/C37H37ClN2O2/c1-36(2,3)28-17-13-26(14-18-28)33(42-35(41)27-15-19-29(20-16-27)37(4,5)6)23-34-39-31-9-7-8-10-32(31)40(34)24-25-11-21-30(38)22-12-25/h7-23H,24H2,1-6H3. The molecule has 1 aromatic heterocycles. The van der Waals surface area contributed by atoms with Crippen molar-refractivity contribution in [2.24, 2.45) is 0 Å². The number of hydrogen-bond donors (Lipinski definition) is 0. The smallest absolute Gasteiger partial charge is 0.343 e. The first kappa shape index (κ1) is 29.3. The number of rotatable bonds is 6. The van der Waals surface area contributed by atoms with E-state index in [1.54, 1.807) is 0 Å². The van der Waals surface area contributed by atoms with Gasteiger partial charge in [0.2, 0.25) is 0 Å². The summed E-state index contributed by atoms with van der Waals surface area (Å²) in [5.41, 5.74) is 6.58. The number of ether oxygens (including phenoxy) is 1. The van der Waals surface area contributed by atoms with E-state index < -0.39 is 5.97 Å². The molecule has 5 aromatic rings. The van der Waals surface area contributed by atoms with Crippen LogP contribution in [0.5, 0.6) is 0 Å². The van der Waals surface area contributed by atoms with Crippen molar-refractivity contribution in [1.29, 1.82) is 0 Å². The van der Waals surface area contributed by atoms with Gasteiger partial charge in [-0.05, 0) is 63.9 Å². The Hall–Kier alpha value is -4.15. The minimum absolute atomic E-state index is 0.000440. The van der Waals surface area contributed by atoms with Crippen LogP contribution in [0.15, 0.2) is 97.1 Å². The van der Waals surface area contributed by atoms with Crippen molar-refractivity contribution in [3.8, 4) is 0 Å². The predicted molar refractivity (Wildman–Crippen MR) is 174 cm³/mol. The van der Waals surface area contributed by atoms with Crippen LogP contribution in [-0.4, -0.2) is 15.5 Å². The van der Waals surface area contributed by atoms with Gasteiger partial charge in [-0.1, -0.05) is 114 Å². The average molecular weight is 577 g/mol. The molecule has 0 atom stereocenters. The number of carbonyl (C=O) groups excluding carboxylic acids is 1. The Morgan fingerprint density at radius 1 is 0.762 bits per heavy atom. The molecule has 0 saturated heterocycles. The number of imidazole rings is 1. The van der Waals surface area contributed by atoms with Crippen molar-refractivity contribution < 1.29 is 9.53 Å². The fraction of sp³-hybridized carbons (Fsp3) is 0.243. The molecule has 0 saturated carbocycles. The van der Waals surface area contributed by atoms with Crippen molar-refractivity contribution in [1.82, 2.24) is 9.55 Å². The first-order valence-corrected chi connectivity index (χ1v) is 14.6. The molecule has 4 aromatic carbocycles. The zero-order valence-corrected chi connectivity index (χ0v) is 25.9. The summed E-state index contributed by atoms with van der Waals surface area (Å²) in [6.07, 6.45) is 1.86. The number of carbonyl (C=O) groups is 1. The molecule has 0 radical (unpaired) electrons. The molecule has 4 nitrogen and oxygen atoms in total. The second kappa shape index (κ2) is 11.6. The van der Waals surface area contributed by atoms with Crippen LogP contribution in [0.3, 0.4) is 0 Å². The van der Waals surface area contributed by atoms with E-state index in [0.717, 1.165) is 27.7 Å². The molecule has 0 spiro atoms. The maximum Gasteiger partial charge on any atom is 0.343 e. The molecule has 0 bridgehead atoms. The van der Waals surface area contributed by atoms with Crippen LogP contribution in [0.1, 0.15) is 80.0 Å². The SMILES string of the molecule is CC(C)(C)c1ccc(C(=O)OC(=Cc2nc3ccccc3n2Cc2ccc(Cl)cc2)c2ccc(C(C)(C)C)cc2)cc1. The predicted octanol–water partition coefficient (Wildman–Crippen LogP) is 9.69. The molecule has 5 rings (SSSR count). The van der Waals surface area contributed by atoms with Crippen LogP contribution in [-0.2, 0) is 22.1 Å². The lowest BCUT2D eigenvalue weighted by molar-refractivity contribution is 0.0693. The quantitative estimate of drug-likeness (QED) is 0.149. The van der Waals surface area contributed by atoms with E-state index in [1.807, 2.05) is 84.9 Å². The van der Waals surface area contributed by atoms with Crippen LogP contribution in [0, 0.1) is 0 Å². The lowest BCUT2D eigenvalue weighted by atomic mass is 9.86. The molecular weight excluding hydrogens is 540 g/mol. The Balaban J connectivity index is 1.58. The van der Waals surface area contributed by atoms with Gasteiger partial charge in [-0.15, -0.1) is 0 Å². The summed E-state index contributed by atoms with van der Waals surface area (Å²) < 4.78 is 8.28. The molecule has 0 amide bonds. The summed E-state index contributed by atoms with van der Waals surface area (Å²) in [5.74, 6) is 0.715. The molecule has 214 valence electrons. The van der Waals surface area contributed by atoms with E-state index in [9.17, 15) is 4.79 Å². The fourth-order valence-corrected chi connectivity index (χ4v) is 4.96. The third-order valence-electron chi connectivity index (χ3n) is 7.42. The number of fused-ring (bicyclic) bond motifs is 1. The van der Waals surface area contributed by atoms with Crippen LogP contribution in [0.4, 0.5) is 0 Å². The number of nitrogens with zero attached hydrogens (tertiary/aromatic N) is 2. The lowest BCUT2D eigenvalue weighted by Crippen LogP contribution is -2.12. The summed E-state index contributed by atoms with van der Waals surface area (Å²) in [6, 6.07) is 31.7. The minimum atomic E-state index is -0.415. The molecule has 0 aliphatic heterocycles. The summed E-state index contributed by atoms with van der Waals surface area (Å²) in [6.45, 7) is 13.6. The minimum Gasteiger partial charge on any atom is -0.422 e. The van der Waals surface area contributed by atoms with Crippen LogP contribution < -0.4 is 0 Å². The molecule has 5 heteroatoms. The highest BCUT2D eigenvalue weighted by atomic mass is 35.5. The third kappa shape index (κ3) is 6.66. The highest BCUT2D eigenvalue weighted by molar-refractivity contribution is 6.30. The number of esters is 1. The topological polar surface area (TPSA) is 44.1 Å². The fourth-order valence-electron chi connectivity index (χ4n) is 4.83. The third-order valence-corrected chi connectivity index (χ3v) is 7.67. The Bertz CT molecular complexity index is 1730. The molecule has 0 unspecified atom stereocenters. The Morgan fingerprint density at radius 2 is 1.31 bits per heavy atom. The first-order chi connectivity index (χ1) is 19.9. The number of halogens is 1. The van der Waals surface area contributed by atoms with Crippen LogP contribution in [0.2, 0.25) is 5.02 Å². The molecule has 0 N–H and O–H groups in total. The summed E-state index contributed by atoms with van der Waals surface area (Å²) >= 11 is 6.15. The average Bonchev–Trinajstić information content (AvgIpc) is 3.29. The summed E-state index contributed by atoms with van der Waals surface area (Å²) in [4.78, 5) is 18.4. The lowest BCUT2D eigenvalue weighted by Gasteiger charge is -2.20. The van der Waals surface area contributed by atoms with Gasteiger partial charge in [0.1, 0.15) is 11.6 Å². The first-order valence-electron chi connectivity index (χ1n) is 14.2. The molecule has 42 heavy (non-hydrogen) atoms. The second-order valence-corrected chi connectivity index (χ2v) is 13.2. The van der Waals surface area contributed by atoms with Crippen molar-refractivity contribution >= 4 is 40.4 Å². The van der Waals surface area contributed by atoms with Crippen LogP contribution in [0.25, 0.3) is 22.9 Å². The highest BCUT2D eigenvalue weighted by Gasteiger charge is 2.19. The van der Waals surface area contributed by atoms with Gasteiger partial charge in [-0.3, -0.25) is 0 Å². The van der Waals surface area contributed by atoms with Gasteiger partial charge >= 0.3 is 5.97 Å². The largest absolute Gasteiger partial charge is 0.422 e. The number of benzene rings is 4. The Kier molecular flexibility index (Phi) is 8.12. The Morgan fingerprint density at radius 3 is 1.88 bits per heavy atom. The van der Waals surface area contributed by atoms with E-state index >= 15 is 0 Å². The zero-order chi connectivity index (χ0) is 30.1. The van der Waals surface area contributed by atoms with Crippen molar-refractivity contribution in [3.63, 3.8) is 0 Å². The number of para-hydroxylation sites is 2. The van der Waals surface area contributed by atoms with Crippen molar-refractivity contribution in [2.75, 3.05) is 0 Å². The van der Waals surface area contributed by atoms with Gasteiger partial charge in [0.05, 0.1) is 16.6 Å². The maximum atomic E-state index is 13.5. The van der Waals surface area contributed by atoms with E-state index in [0.29, 0.717) is 28.7 Å². The van der Waals surface area contributed by atoms with Crippen LogP contribution >= 0.6 is 11.6 Å². The van der Waals surface area contributed by atoms with Gasteiger partial charge < -0.3 is 9.30 Å². The summed E-state index contributed by atoms with van der Waals surface area (Å²) in [7, 11) is 0. The van der Waals surface area contributed by atoms with Gasteiger partial charge in [0.25, 0.3) is 0 Å². The van der Waals surface area contributed by atoms with E-state index in [1.165, 1.54) is 5.56 Å². The molecule has 0 aliphatic carbocycles. The monoisotopic (exact) mass is 576 g/mol.